The van der Waals surface area contributed by atoms with Crippen LogP contribution in [0.4, 0.5) is 0 Å². The molecule has 1 heterocycles. The number of hydrogen-bond donors (Lipinski definition) is 1. The fourth-order valence-corrected chi connectivity index (χ4v) is 3.00. The first-order chi connectivity index (χ1) is 9.54. The molecule has 0 saturated carbocycles. The van der Waals surface area contributed by atoms with Crippen molar-refractivity contribution in [1.29, 1.82) is 5.26 Å². The van der Waals surface area contributed by atoms with E-state index in [4.69, 9.17) is 4.74 Å². The Kier molecular flexibility index (Phi) is 7.50. The second-order valence-electron chi connectivity index (χ2n) is 6.11. The summed E-state index contributed by atoms with van der Waals surface area (Å²) >= 11 is 0. The van der Waals surface area contributed by atoms with E-state index in [-0.39, 0.29) is 0 Å². The van der Waals surface area contributed by atoms with Crippen molar-refractivity contribution in [2.75, 3.05) is 26.2 Å². The van der Waals surface area contributed by atoms with Crippen molar-refractivity contribution in [3.63, 3.8) is 0 Å². The molecule has 0 aromatic carbocycles. The smallest absolute Gasteiger partial charge is 0.105 e. The molecule has 1 saturated heterocycles. The predicted molar refractivity (Wildman–Crippen MR) is 82.6 cm³/mol. The Balaban J connectivity index is 2.42. The Hall–Kier alpha value is -0.630. The van der Waals surface area contributed by atoms with Gasteiger partial charge in [-0.05, 0) is 53.0 Å². The van der Waals surface area contributed by atoms with Crippen molar-refractivity contribution in [2.45, 2.75) is 71.1 Å². The van der Waals surface area contributed by atoms with E-state index in [2.05, 4.69) is 37.1 Å². The van der Waals surface area contributed by atoms with E-state index >= 15 is 0 Å². The van der Waals surface area contributed by atoms with Crippen molar-refractivity contribution < 1.29 is 4.74 Å². The quantitative estimate of drug-likeness (QED) is 0.743. The molecule has 1 aliphatic heterocycles. The van der Waals surface area contributed by atoms with Gasteiger partial charge >= 0.3 is 0 Å². The summed E-state index contributed by atoms with van der Waals surface area (Å²) in [5.74, 6) is 0. The van der Waals surface area contributed by atoms with Crippen LogP contribution < -0.4 is 5.32 Å². The topological polar surface area (TPSA) is 48.3 Å². The first-order valence-electron chi connectivity index (χ1n) is 8.06. The number of nitrogens with one attached hydrogen (secondary N) is 1. The molecule has 0 aliphatic carbocycles. The summed E-state index contributed by atoms with van der Waals surface area (Å²) in [6.45, 7) is 12.3. The molecule has 1 rings (SSSR count). The fourth-order valence-electron chi connectivity index (χ4n) is 3.00. The lowest BCUT2D eigenvalue weighted by molar-refractivity contribution is 0.00327. The molecule has 4 nitrogen and oxygen atoms in total. The standard InChI is InChI=1S/C16H31N3O/c1-5-9-18-16(4,13-17)12-14(3)19-10-7-15(8-11-19)20-6-2/h14-15,18H,5-12H2,1-4H3. The third kappa shape index (κ3) is 5.40. The summed E-state index contributed by atoms with van der Waals surface area (Å²) in [4.78, 5) is 2.50. The first-order valence-corrected chi connectivity index (χ1v) is 8.06. The van der Waals surface area contributed by atoms with E-state index in [1.165, 1.54) is 0 Å². The van der Waals surface area contributed by atoms with Crippen molar-refractivity contribution in [3.05, 3.63) is 0 Å². The number of rotatable bonds is 8. The molecule has 0 bridgehead atoms. The Bertz CT molecular complexity index is 307. The van der Waals surface area contributed by atoms with Crippen LogP contribution in [0.3, 0.4) is 0 Å². The highest BCUT2D eigenvalue weighted by molar-refractivity contribution is 5.05. The van der Waals surface area contributed by atoms with Gasteiger partial charge in [-0.1, -0.05) is 6.92 Å². The van der Waals surface area contributed by atoms with Gasteiger partial charge in [0.1, 0.15) is 5.54 Å². The molecule has 0 amide bonds. The van der Waals surface area contributed by atoms with Crippen LogP contribution in [-0.2, 0) is 4.74 Å². The van der Waals surface area contributed by atoms with E-state index < -0.39 is 5.54 Å². The molecule has 1 aliphatic rings. The van der Waals surface area contributed by atoms with E-state index in [9.17, 15) is 5.26 Å². The highest BCUT2D eigenvalue weighted by atomic mass is 16.5. The van der Waals surface area contributed by atoms with Gasteiger partial charge < -0.3 is 9.64 Å². The van der Waals surface area contributed by atoms with Crippen LogP contribution in [-0.4, -0.2) is 48.8 Å². The maximum atomic E-state index is 9.42. The number of nitriles is 1. The van der Waals surface area contributed by atoms with Crippen molar-refractivity contribution >= 4 is 0 Å². The van der Waals surface area contributed by atoms with Crippen LogP contribution in [0, 0.1) is 11.3 Å². The van der Waals surface area contributed by atoms with Crippen molar-refractivity contribution in [3.8, 4) is 6.07 Å². The molecular formula is C16H31N3O. The minimum Gasteiger partial charge on any atom is -0.378 e. The zero-order valence-electron chi connectivity index (χ0n) is 13.6. The molecule has 2 unspecified atom stereocenters. The van der Waals surface area contributed by atoms with Crippen molar-refractivity contribution in [2.24, 2.45) is 0 Å². The molecule has 0 aromatic heterocycles. The Morgan fingerprint density at radius 1 is 1.40 bits per heavy atom. The summed E-state index contributed by atoms with van der Waals surface area (Å²) in [6, 6.07) is 2.89. The number of piperidine rings is 1. The van der Waals surface area contributed by atoms with Crippen molar-refractivity contribution in [1.82, 2.24) is 10.2 Å². The van der Waals surface area contributed by atoms with E-state index in [1.54, 1.807) is 0 Å². The van der Waals surface area contributed by atoms with Crippen LogP contribution in [0.25, 0.3) is 0 Å². The van der Waals surface area contributed by atoms with Gasteiger partial charge in [0, 0.05) is 25.7 Å². The molecule has 4 heteroatoms. The van der Waals surface area contributed by atoms with Crippen LogP contribution in [0.1, 0.15) is 53.4 Å². The second kappa shape index (κ2) is 8.61. The number of nitrogens with zero attached hydrogens (tertiary/aromatic N) is 2. The minimum atomic E-state index is -0.411. The lowest BCUT2D eigenvalue weighted by Crippen LogP contribution is -2.49. The molecule has 116 valence electrons. The number of likely N-dealkylation sites (tertiary alicyclic amines) is 1. The molecule has 20 heavy (non-hydrogen) atoms. The SMILES string of the molecule is CCCNC(C)(C#N)CC(C)N1CCC(OCC)CC1. The van der Waals surface area contributed by atoms with Gasteiger partial charge in [-0.25, -0.2) is 0 Å². The summed E-state index contributed by atoms with van der Waals surface area (Å²) in [7, 11) is 0. The first kappa shape index (κ1) is 17.4. The van der Waals surface area contributed by atoms with E-state index in [0.717, 1.165) is 51.9 Å². The lowest BCUT2D eigenvalue weighted by Gasteiger charge is -2.38. The van der Waals surface area contributed by atoms with Gasteiger partial charge in [0.15, 0.2) is 0 Å². The summed E-state index contributed by atoms with van der Waals surface area (Å²) in [5, 5.41) is 12.8. The summed E-state index contributed by atoms with van der Waals surface area (Å²) in [5.41, 5.74) is -0.411. The zero-order chi connectivity index (χ0) is 15.0. The fraction of sp³-hybridized carbons (Fsp3) is 0.938. The van der Waals surface area contributed by atoms with Gasteiger partial charge in [0.05, 0.1) is 12.2 Å². The highest BCUT2D eigenvalue weighted by Crippen LogP contribution is 2.21. The molecule has 0 spiro atoms. The third-order valence-electron chi connectivity index (χ3n) is 4.22. The number of ether oxygens (including phenoxy) is 1. The summed E-state index contributed by atoms with van der Waals surface area (Å²) in [6.07, 6.45) is 4.60. The molecule has 2 atom stereocenters. The Labute approximate surface area is 124 Å². The van der Waals surface area contributed by atoms with E-state index in [1.807, 2.05) is 6.92 Å². The average Bonchev–Trinajstić information content (AvgIpc) is 2.46. The van der Waals surface area contributed by atoms with Gasteiger partial charge in [0.25, 0.3) is 0 Å². The second-order valence-corrected chi connectivity index (χ2v) is 6.11. The maximum absolute atomic E-state index is 9.42. The third-order valence-corrected chi connectivity index (χ3v) is 4.22. The highest BCUT2D eigenvalue weighted by Gasteiger charge is 2.30. The van der Waals surface area contributed by atoms with E-state index in [0.29, 0.717) is 12.1 Å². The molecule has 1 fully saturated rings. The minimum absolute atomic E-state index is 0.411. The van der Waals surface area contributed by atoms with Gasteiger partial charge in [0.2, 0.25) is 0 Å². The normalized spacial score (nSPS) is 22.1. The van der Waals surface area contributed by atoms with Gasteiger partial charge in [-0.3, -0.25) is 5.32 Å². The predicted octanol–water partition coefficient (Wildman–Crippen LogP) is 2.55. The Morgan fingerprint density at radius 3 is 2.55 bits per heavy atom. The van der Waals surface area contributed by atoms with Crippen LogP contribution in [0.2, 0.25) is 0 Å². The van der Waals surface area contributed by atoms with Gasteiger partial charge in [-0.15, -0.1) is 0 Å². The molecule has 1 N–H and O–H groups in total. The largest absolute Gasteiger partial charge is 0.378 e. The van der Waals surface area contributed by atoms with Crippen LogP contribution in [0.15, 0.2) is 0 Å². The van der Waals surface area contributed by atoms with Crippen LogP contribution in [0.5, 0.6) is 0 Å². The molecule has 0 aromatic rings. The average molecular weight is 281 g/mol. The van der Waals surface area contributed by atoms with Crippen LogP contribution >= 0.6 is 0 Å². The monoisotopic (exact) mass is 281 g/mol. The zero-order valence-corrected chi connectivity index (χ0v) is 13.6. The number of hydrogen-bond acceptors (Lipinski definition) is 4. The maximum Gasteiger partial charge on any atom is 0.105 e. The lowest BCUT2D eigenvalue weighted by atomic mass is 9.93. The Morgan fingerprint density at radius 2 is 2.05 bits per heavy atom. The summed E-state index contributed by atoms with van der Waals surface area (Å²) < 4.78 is 5.69. The molecule has 0 radical (unpaired) electrons. The van der Waals surface area contributed by atoms with Gasteiger partial charge in [-0.2, -0.15) is 5.26 Å². The molecular weight excluding hydrogens is 250 g/mol.